The highest BCUT2D eigenvalue weighted by Gasteiger charge is 2.08. The maximum absolute atomic E-state index is 13.0. The molecule has 0 bridgehead atoms. The van der Waals surface area contributed by atoms with Gasteiger partial charge in [0.2, 0.25) is 5.91 Å². The number of carbonyl (C=O) groups excluding carboxylic acids is 1. The Labute approximate surface area is 117 Å². The Bertz CT molecular complexity index is 574. The topological polar surface area (TPSA) is 54.0 Å². The summed E-state index contributed by atoms with van der Waals surface area (Å²) in [6.45, 7) is 2.10. The molecule has 0 saturated carbocycles. The Kier molecular flexibility index (Phi) is 4.79. The van der Waals surface area contributed by atoms with Gasteiger partial charge in [-0.3, -0.25) is 9.78 Å². The molecule has 0 saturated heterocycles. The van der Waals surface area contributed by atoms with Gasteiger partial charge in [-0.25, -0.2) is 4.39 Å². The Hall–Kier alpha value is -2.27. The fourth-order valence-electron chi connectivity index (χ4n) is 1.77. The SMILES string of the molecule is CC(NCC(=O)Nc1cccc(F)c1)c1cccnc1. The van der Waals surface area contributed by atoms with Crippen LogP contribution in [-0.2, 0) is 4.79 Å². The summed E-state index contributed by atoms with van der Waals surface area (Å²) in [4.78, 5) is 15.8. The first-order valence-corrected chi connectivity index (χ1v) is 6.34. The van der Waals surface area contributed by atoms with E-state index in [0.717, 1.165) is 5.56 Å². The molecule has 0 aliphatic carbocycles. The van der Waals surface area contributed by atoms with E-state index in [1.54, 1.807) is 24.5 Å². The standard InChI is InChI=1S/C15H16FN3O/c1-11(12-4-3-7-17-9-12)18-10-15(20)19-14-6-2-5-13(16)8-14/h2-9,11,18H,10H2,1H3,(H,19,20). The molecule has 1 amide bonds. The molecule has 2 rings (SSSR count). The average Bonchev–Trinajstić information content (AvgIpc) is 2.46. The number of nitrogens with zero attached hydrogens (tertiary/aromatic N) is 1. The molecule has 1 aromatic carbocycles. The normalized spacial score (nSPS) is 11.9. The van der Waals surface area contributed by atoms with E-state index in [1.165, 1.54) is 12.1 Å². The number of benzene rings is 1. The second-order valence-corrected chi connectivity index (χ2v) is 4.45. The number of hydrogen-bond acceptors (Lipinski definition) is 3. The number of anilines is 1. The van der Waals surface area contributed by atoms with Gasteiger partial charge in [-0.2, -0.15) is 0 Å². The van der Waals surface area contributed by atoms with Crippen LogP contribution in [0.4, 0.5) is 10.1 Å². The molecule has 104 valence electrons. The molecule has 20 heavy (non-hydrogen) atoms. The maximum Gasteiger partial charge on any atom is 0.238 e. The first-order valence-electron chi connectivity index (χ1n) is 6.34. The third kappa shape index (κ3) is 4.13. The minimum Gasteiger partial charge on any atom is -0.325 e. The van der Waals surface area contributed by atoms with Crippen molar-refractivity contribution in [2.45, 2.75) is 13.0 Å². The van der Waals surface area contributed by atoms with E-state index in [4.69, 9.17) is 0 Å². The summed E-state index contributed by atoms with van der Waals surface area (Å²) < 4.78 is 13.0. The summed E-state index contributed by atoms with van der Waals surface area (Å²) in [6.07, 6.45) is 3.45. The number of aromatic nitrogens is 1. The number of hydrogen-bond donors (Lipinski definition) is 2. The zero-order chi connectivity index (χ0) is 14.4. The molecule has 2 N–H and O–H groups in total. The van der Waals surface area contributed by atoms with Gasteiger partial charge in [0.1, 0.15) is 5.82 Å². The van der Waals surface area contributed by atoms with Crippen LogP contribution in [0, 0.1) is 5.82 Å². The van der Waals surface area contributed by atoms with Crippen LogP contribution in [0.2, 0.25) is 0 Å². The Balaban J connectivity index is 1.83. The lowest BCUT2D eigenvalue weighted by Crippen LogP contribution is -2.30. The minimum absolute atomic E-state index is 0.0157. The fourth-order valence-corrected chi connectivity index (χ4v) is 1.77. The van der Waals surface area contributed by atoms with Crippen LogP contribution < -0.4 is 10.6 Å². The van der Waals surface area contributed by atoms with Crippen LogP contribution in [0.25, 0.3) is 0 Å². The van der Waals surface area contributed by atoms with Gasteiger partial charge < -0.3 is 10.6 Å². The molecular weight excluding hydrogens is 257 g/mol. The van der Waals surface area contributed by atoms with Crippen molar-refractivity contribution in [1.82, 2.24) is 10.3 Å². The van der Waals surface area contributed by atoms with E-state index in [9.17, 15) is 9.18 Å². The number of halogens is 1. The minimum atomic E-state index is -0.375. The number of carbonyl (C=O) groups is 1. The Morgan fingerprint density at radius 1 is 1.35 bits per heavy atom. The molecule has 1 heterocycles. The number of pyridine rings is 1. The molecule has 0 aliphatic heterocycles. The van der Waals surface area contributed by atoms with E-state index >= 15 is 0 Å². The summed E-state index contributed by atoms with van der Waals surface area (Å²) in [7, 11) is 0. The molecular formula is C15H16FN3O. The van der Waals surface area contributed by atoms with Gasteiger partial charge in [0.15, 0.2) is 0 Å². The Morgan fingerprint density at radius 3 is 2.90 bits per heavy atom. The van der Waals surface area contributed by atoms with Crippen molar-refractivity contribution in [1.29, 1.82) is 0 Å². The molecule has 0 aliphatic rings. The predicted molar refractivity (Wildman–Crippen MR) is 75.7 cm³/mol. The van der Waals surface area contributed by atoms with E-state index in [1.807, 2.05) is 19.1 Å². The van der Waals surface area contributed by atoms with Crippen LogP contribution in [-0.4, -0.2) is 17.4 Å². The van der Waals surface area contributed by atoms with Gasteiger partial charge in [-0.05, 0) is 36.8 Å². The monoisotopic (exact) mass is 273 g/mol. The van der Waals surface area contributed by atoms with E-state index in [-0.39, 0.29) is 24.3 Å². The zero-order valence-corrected chi connectivity index (χ0v) is 11.1. The van der Waals surface area contributed by atoms with Crippen LogP contribution in [0.15, 0.2) is 48.8 Å². The highest BCUT2D eigenvalue weighted by Crippen LogP contribution is 2.10. The second-order valence-electron chi connectivity index (χ2n) is 4.45. The maximum atomic E-state index is 13.0. The highest BCUT2D eigenvalue weighted by atomic mass is 19.1. The molecule has 1 unspecified atom stereocenters. The predicted octanol–water partition coefficient (Wildman–Crippen LogP) is 2.51. The van der Waals surface area contributed by atoms with E-state index < -0.39 is 0 Å². The van der Waals surface area contributed by atoms with Crippen LogP contribution in [0.5, 0.6) is 0 Å². The second kappa shape index (κ2) is 6.77. The van der Waals surface area contributed by atoms with Crippen molar-refractivity contribution >= 4 is 11.6 Å². The highest BCUT2D eigenvalue weighted by molar-refractivity contribution is 5.92. The van der Waals surface area contributed by atoms with Crippen molar-refractivity contribution in [3.05, 3.63) is 60.2 Å². The van der Waals surface area contributed by atoms with Gasteiger partial charge in [0, 0.05) is 24.1 Å². The van der Waals surface area contributed by atoms with E-state index in [0.29, 0.717) is 5.69 Å². The largest absolute Gasteiger partial charge is 0.325 e. The van der Waals surface area contributed by atoms with Gasteiger partial charge in [-0.1, -0.05) is 12.1 Å². The number of rotatable bonds is 5. The molecule has 2 aromatic rings. The first kappa shape index (κ1) is 14.1. The fraction of sp³-hybridized carbons (Fsp3) is 0.200. The van der Waals surface area contributed by atoms with Crippen molar-refractivity contribution in [3.63, 3.8) is 0 Å². The molecule has 0 radical (unpaired) electrons. The van der Waals surface area contributed by atoms with Gasteiger partial charge >= 0.3 is 0 Å². The van der Waals surface area contributed by atoms with Crippen molar-refractivity contribution in [2.75, 3.05) is 11.9 Å². The van der Waals surface area contributed by atoms with Crippen molar-refractivity contribution < 1.29 is 9.18 Å². The summed E-state index contributed by atoms with van der Waals surface area (Å²) >= 11 is 0. The summed E-state index contributed by atoms with van der Waals surface area (Å²) in [5.74, 6) is -0.592. The third-order valence-corrected chi connectivity index (χ3v) is 2.86. The quantitative estimate of drug-likeness (QED) is 0.880. The van der Waals surface area contributed by atoms with Crippen LogP contribution in [0.3, 0.4) is 0 Å². The average molecular weight is 273 g/mol. The van der Waals surface area contributed by atoms with Crippen LogP contribution in [0.1, 0.15) is 18.5 Å². The van der Waals surface area contributed by atoms with Crippen LogP contribution >= 0.6 is 0 Å². The number of amides is 1. The number of nitrogens with one attached hydrogen (secondary N) is 2. The Morgan fingerprint density at radius 2 is 2.20 bits per heavy atom. The summed E-state index contributed by atoms with van der Waals surface area (Å²) in [5, 5.41) is 5.72. The molecule has 0 spiro atoms. The summed E-state index contributed by atoms with van der Waals surface area (Å²) in [6, 6.07) is 9.61. The van der Waals surface area contributed by atoms with Gasteiger partial charge in [0.05, 0.1) is 6.54 Å². The molecule has 5 heteroatoms. The van der Waals surface area contributed by atoms with Gasteiger partial charge in [0.25, 0.3) is 0 Å². The third-order valence-electron chi connectivity index (χ3n) is 2.86. The lowest BCUT2D eigenvalue weighted by Gasteiger charge is -2.13. The lowest BCUT2D eigenvalue weighted by molar-refractivity contribution is -0.115. The molecule has 4 nitrogen and oxygen atoms in total. The molecule has 0 fully saturated rings. The molecule has 1 atom stereocenters. The zero-order valence-electron chi connectivity index (χ0n) is 11.1. The van der Waals surface area contributed by atoms with Crippen molar-refractivity contribution in [2.24, 2.45) is 0 Å². The summed E-state index contributed by atoms with van der Waals surface area (Å²) in [5.41, 5.74) is 1.46. The lowest BCUT2D eigenvalue weighted by atomic mass is 10.1. The van der Waals surface area contributed by atoms with Gasteiger partial charge in [-0.15, -0.1) is 0 Å². The first-order chi connectivity index (χ1) is 9.65. The molecule has 1 aromatic heterocycles. The smallest absolute Gasteiger partial charge is 0.238 e. The van der Waals surface area contributed by atoms with E-state index in [2.05, 4.69) is 15.6 Å². The van der Waals surface area contributed by atoms with Crippen molar-refractivity contribution in [3.8, 4) is 0 Å².